The van der Waals surface area contributed by atoms with Crippen LogP contribution in [-0.2, 0) is 10.0 Å². The fourth-order valence-electron chi connectivity index (χ4n) is 2.95. The van der Waals surface area contributed by atoms with Gasteiger partial charge in [-0.15, -0.1) is 12.3 Å². The van der Waals surface area contributed by atoms with Gasteiger partial charge >= 0.3 is 0 Å². The molecule has 1 aliphatic carbocycles. The summed E-state index contributed by atoms with van der Waals surface area (Å²) in [6, 6.07) is 6.76. The zero-order valence-corrected chi connectivity index (χ0v) is 13.3. The lowest BCUT2D eigenvalue weighted by atomic mass is 9.83. The molecule has 1 unspecified atom stereocenters. The van der Waals surface area contributed by atoms with Crippen molar-refractivity contribution < 1.29 is 8.42 Å². The van der Waals surface area contributed by atoms with Crippen LogP contribution in [0.1, 0.15) is 44.1 Å². The third-order valence-corrected chi connectivity index (χ3v) is 5.70. The molecule has 1 fully saturated rings. The van der Waals surface area contributed by atoms with Crippen LogP contribution in [0.15, 0.2) is 29.2 Å². The quantitative estimate of drug-likeness (QED) is 0.849. The SMILES string of the molecule is C#CCC(NS(=O)(=O)c1ccc(C)cc1)C1CCCCC1. The number of nitrogens with one attached hydrogen (secondary N) is 1. The number of hydrogen-bond donors (Lipinski definition) is 1. The average Bonchev–Trinajstić information content (AvgIpc) is 2.48. The largest absolute Gasteiger partial charge is 0.240 e. The van der Waals surface area contributed by atoms with Crippen molar-refractivity contribution in [2.24, 2.45) is 5.92 Å². The zero-order chi connectivity index (χ0) is 15.3. The first kappa shape index (κ1) is 16.1. The Morgan fingerprint density at radius 1 is 1.24 bits per heavy atom. The number of terminal acetylenes is 1. The molecule has 0 radical (unpaired) electrons. The molecule has 0 saturated heterocycles. The summed E-state index contributed by atoms with van der Waals surface area (Å²) < 4.78 is 27.8. The van der Waals surface area contributed by atoms with Crippen LogP contribution < -0.4 is 4.72 Å². The second-order valence-electron chi connectivity index (χ2n) is 5.85. The van der Waals surface area contributed by atoms with Gasteiger partial charge in [0.1, 0.15) is 0 Å². The average molecular weight is 305 g/mol. The third kappa shape index (κ3) is 4.33. The van der Waals surface area contributed by atoms with E-state index in [0.29, 0.717) is 17.2 Å². The van der Waals surface area contributed by atoms with E-state index in [1.54, 1.807) is 12.1 Å². The van der Waals surface area contributed by atoms with E-state index in [2.05, 4.69) is 10.6 Å². The molecule has 0 bridgehead atoms. The van der Waals surface area contributed by atoms with E-state index in [1.165, 1.54) is 6.42 Å². The van der Waals surface area contributed by atoms with Gasteiger partial charge < -0.3 is 0 Å². The molecular weight excluding hydrogens is 282 g/mol. The molecule has 1 aromatic carbocycles. The van der Waals surface area contributed by atoms with E-state index in [0.717, 1.165) is 31.2 Å². The van der Waals surface area contributed by atoms with Gasteiger partial charge in [-0.1, -0.05) is 37.0 Å². The maximum Gasteiger partial charge on any atom is 0.240 e. The molecule has 0 amide bonds. The van der Waals surface area contributed by atoms with E-state index >= 15 is 0 Å². The molecule has 0 aromatic heterocycles. The van der Waals surface area contributed by atoms with E-state index in [9.17, 15) is 8.42 Å². The zero-order valence-electron chi connectivity index (χ0n) is 12.5. The Bertz CT molecular complexity index is 593. The van der Waals surface area contributed by atoms with Gasteiger partial charge in [-0.2, -0.15) is 0 Å². The molecule has 2 rings (SSSR count). The van der Waals surface area contributed by atoms with Crippen molar-refractivity contribution in [2.75, 3.05) is 0 Å². The topological polar surface area (TPSA) is 46.2 Å². The van der Waals surface area contributed by atoms with Crippen molar-refractivity contribution in [3.63, 3.8) is 0 Å². The Morgan fingerprint density at radius 2 is 1.86 bits per heavy atom. The van der Waals surface area contributed by atoms with Crippen molar-refractivity contribution in [3.05, 3.63) is 29.8 Å². The summed E-state index contributed by atoms with van der Waals surface area (Å²) in [5, 5.41) is 0. The summed E-state index contributed by atoms with van der Waals surface area (Å²) in [6.07, 6.45) is 11.6. The van der Waals surface area contributed by atoms with Crippen LogP contribution >= 0.6 is 0 Å². The van der Waals surface area contributed by atoms with Crippen LogP contribution in [0.2, 0.25) is 0 Å². The summed E-state index contributed by atoms with van der Waals surface area (Å²) in [6.45, 7) is 1.94. The van der Waals surface area contributed by atoms with Crippen molar-refractivity contribution in [1.82, 2.24) is 4.72 Å². The molecule has 1 saturated carbocycles. The predicted octanol–water partition coefficient (Wildman–Crippen LogP) is 3.25. The minimum Gasteiger partial charge on any atom is -0.207 e. The monoisotopic (exact) mass is 305 g/mol. The Kier molecular flexibility index (Phi) is 5.44. The minimum absolute atomic E-state index is 0.151. The normalized spacial score (nSPS) is 18.1. The Morgan fingerprint density at radius 3 is 2.43 bits per heavy atom. The lowest BCUT2D eigenvalue weighted by molar-refractivity contribution is 0.293. The predicted molar refractivity (Wildman–Crippen MR) is 85.3 cm³/mol. The molecule has 1 aliphatic rings. The summed E-state index contributed by atoms with van der Waals surface area (Å²) in [4.78, 5) is 0.311. The van der Waals surface area contributed by atoms with Gasteiger partial charge in [0.2, 0.25) is 10.0 Å². The van der Waals surface area contributed by atoms with Gasteiger partial charge in [0.15, 0.2) is 0 Å². The molecule has 0 heterocycles. The molecule has 0 aliphatic heterocycles. The molecule has 4 heteroatoms. The molecular formula is C17H23NO2S. The molecule has 114 valence electrons. The van der Waals surface area contributed by atoms with Gasteiger partial charge in [-0.25, -0.2) is 13.1 Å². The van der Waals surface area contributed by atoms with Crippen LogP contribution in [-0.4, -0.2) is 14.5 Å². The maximum atomic E-state index is 12.5. The van der Waals surface area contributed by atoms with Gasteiger partial charge in [-0.3, -0.25) is 0 Å². The Balaban J connectivity index is 2.14. The number of sulfonamides is 1. The van der Waals surface area contributed by atoms with Crippen LogP contribution in [0.4, 0.5) is 0 Å². The van der Waals surface area contributed by atoms with Gasteiger partial charge in [0.25, 0.3) is 0 Å². The van der Waals surface area contributed by atoms with Crippen molar-refractivity contribution >= 4 is 10.0 Å². The highest BCUT2D eigenvalue weighted by molar-refractivity contribution is 7.89. The molecule has 1 atom stereocenters. The number of aryl methyl sites for hydroxylation is 1. The number of hydrogen-bond acceptors (Lipinski definition) is 2. The van der Waals surface area contributed by atoms with Gasteiger partial charge in [0.05, 0.1) is 4.90 Å². The van der Waals surface area contributed by atoms with E-state index in [4.69, 9.17) is 6.42 Å². The highest BCUT2D eigenvalue weighted by Crippen LogP contribution is 2.28. The standard InChI is InChI=1S/C17H23NO2S/c1-3-7-17(15-8-5-4-6-9-15)18-21(19,20)16-12-10-14(2)11-13-16/h1,10-13,15,17-18H,4-9H2,2H3. The third-order valence-electron chi connectivity index (χ3n) is 4.19. The molecule has 0 spiro atoms. The van der Waals surface area contributed by atoms with Gasteiger partial charge in [-0.05, 0) is 37.8 Å². The fraction of sp³-hybridized carbons (Fsp3) is 0.529. The minimum atomic E-state index is -3.49. The first-order chi connectivity index (χ1) is 10.0. The highest BCUT2D eigenvalue weighted by Gasteiger charge is 2.27. The molecule has 3 nitrogen and oxygen atoms in total. The lowest BCUT2D eigenvalue weighted by Gasteiger charge is -2.29. The smallest absolute Gasteiger partial charge is 0.207 e. The summed E-state index contributed by atoms with van der Waals surface area (Å²) in [5.41, 5.74) is 1.04. The van der Waals surface area contributed by atoms with E-state index < -0.39 is 10.0 Å². The van der Waals surface area contributed by atoms with Crippen LogP contribution in [0.3, 0.4) is 0 Å². The highest BCUT2D eigenvalue weighted by atomic mass is 32.2. The van der Waals surface area contributed by atoms with Crippen LogP contribution in [0, 0.1) is 25.2 Å². The number of benzene rings is 1. The summed E-state index contributed by atoms with van der Waals surface area (Å²) in [7, 11) is -3.49. The second-order valence-corrected chi connectivity index (χ2v) is 7.56. The maximum absolute atomic E-state index is 12.5. The fourth-order valence-corrected chi connectivity index (χ4v) is 4.26. The first-order valence-electron chi connectivity index (χ1n) is 7.55. The van der Waals surface area contributed by atoms with Crippen molar-refractivity contribution in [2.45, 2.75) is 56.4 Å². The van der Waals surface area contributed by atoms with E-state index in [-0.39, 0.29) is 6.04 Å². The molecule has 1 N–H and O–H groups in total. The summed E-state index contributed by atoms with van der Waals surface area (Å²) in [5.74, 6) is 2.98. The molecule has 21 heavy (non-hydrogen) atoms. The second kappa shape index (κ2) is 7.11. The Labute approximate surface area is 128 Å². The molecule has 1 aromatic rings. The summed E-state index contributed by atoms with van der Waals surface area (Å²) >= 11 is 0. The van der Waals surface area contributed by atoms with Crippen molar-refractivity contribution in [3.8, 4) is 12.3 Å². The lowest BCUT2D eigenvalue weighted by Crippen LogP contribution is -2.40. The number of rotatable bonds is 5. The van der Waals surface area contributed by atoms with Gasteiger partial charge in [0, 0.05) is 12.5 Å². The first-order valence-corrected chi connectivity index (χ1v) is 9.04. The van der Waals surface area contributed by atoms with Crippen LogP contribution in [0.25, 0.3) is 0 Å². The Hall–Kier alpha value is -1.31. The van der Waals surface area contributed by atoms with E-state index in [1.807, 2.05) is 19.1 Å². The van der Waals surface area contributed by atoms with Crippen molar-refractivity contribution in [1.29, 1.82) is 0 Å². The van der Waals surface area contributed by atoms with Crippen LogP contribution in [0.5, 0.6) is 0 Å².